The van der Waals surface area contributed by atoms with Crippen LogP contribution in [0.3, 0.4) is 0 Å². The second kappa shape index (κ2) is 0.462. The van der Waals surface area contributed by atoms with Crippen molar-refractivity contribution in [3.05, 3.63) is 0 Å². The van der Waals surface area contributed by atoms with E-state index < -0.39 is 0 Å². The van der Waals surface area contributed by atoms with E-state index in [1.54, 1.807) is 0 Å². The third-order valence-electron chi connectivity index (χ3n) is 0.724. The fourth-order valence-electron chi connectivity index (χ4n) is 0.235. The number of rotatable bonds is 1. The van der Waals surface area contributed by atoms with Crippen LogP contribution in [0, 0.1) is 0 Å². The molecule has 0 aromatic carbocycles. The van der Waals surface area contributed by atoms with Gasteiger partial charge in [0.2, 0.25) is 0 Å². The maximum absolute atomic E-state index is 4.91. The Kier molecular flexibility index (Phi) is 0.205. The molecule has 2 heteroatoms. The van der Waals surface area contributed by atoms with Gasteiger partial charge in [-0.05, 0) is 0 Å². The van der Waals surface area contributed by atoms with Gasteiger partial charge in [0.25, 0.3) is 0 Å². The van der Waals surface area contributed by atoms with Gasteiger partial charge in [0, 0.05) is 0 Å². The number of hydrogen-bond donors (Lipinski definition) is 0. The molecule has 1 aliphatic heterocycles. The van der Waals surface area contributed by atoms with Crippen LogP contribution in [0.1, 0.15) is 0 Å². The zero-order valence-electron chi connectivity index (χ0n) is 3.11. The van der Waals surface area contributed by atoms with Gasteiger partial charge in [0.15, 0.2) is 0 Å². The Hall–Kier alpha value is -1.04. The number of hydrogen-bond acceptors (Lipinski definition) is 1. The van der Waals surface area contributed by atoms with Crippen molar-refractivity contribution < 1.29 is 4.74 Å². The average molecular weight is 324 g/mol. The topological polar surface area (TPSA) is 12.5 Å². The van der Waals surface area contributed by atoms with E-state index in [9.17, 15) is 0 Å². The molecule has 0 spiro atoms. The van der Waals surface area contributed by atoms with Crippen LogP contribution >= 0.6 is 0 Å². The number of epoxide rings is 1. The van der Waals surface area contributed by atoms with E-state index in [4.69, 9.17) is 4.74 Å². The molecule has 0 aliphatic carbocycles. The first-order chi connectivity index (χ1) is 2.43. The summed E-state index contributed by atoms with van der Waals surface area (Å²) < 4.78 is 5.80. The predicted octanol–water partition coefficient (Wildman–Crippen LogP) is 0.353. The minimum absolute atomic E-state index is 0.727. The first-order valence-electron chi connectivity index (χ1n) is 1.84. The van der Waals surface area contributed by atoms with Gasteiger partial charge in [-0.25, -0.2) is 0 Å². The quantitative estimate of drug-likeness (QED) is 0.635. The van der Waals surface area contributed by atoms with Crippen LogP contribution in [-0.4, -0.2) is 12.7 Å². The average Bonchev–Trinajstić information content (AvgIpc) is 2.12. The normalized spacial score (nSPS) is 34.4. The predicted molar refractivity (Wildman–Crippen MR) is 14.5 cm³/mol. The van der Waals surface area contributed by atoms with Crippen LogP contribution in [0.5, 0.6) is 0 Å². The number of ether oxygens (including phenoxy) is 1. The maximum atomic E-state index is 4.91. The second-order valence-corrected chi connectivity index (χ2v) is 3.86. The molecule has 0 saturated carbocycles. The molecule has 5 heavy (non-hydrogen) atoms. The molecule has 0 aromatic heterocycles. The summed E-state index contributed by atoms with van der Waals surface area (Å²) in [5.74, 6) is 0. The van der Waals surface area contributed by atoms with E-state index in [2.05, 4.69) is 0 Å². The fraction of sp³-hybridized carbons (Fsp3) is 1.00. The van der Waals surface area contributed by atoms with Gasteiger partial charge in [0.05, 0.1) is 0 Å². The first kappa shape index (κ1) is 2.21. The third kappa shape index (κ3) is 0.174. The molecule has 0 bridgehead atoms. The molecule has 0 aromatic rings. The van der Waals surface area contributed by atoms with Crippen molar-refractivity contribution in [1.29, 1.82) is 0 Å². The Morgan fingerprint density at radius 3 is 2.60 bits per heavy atom. The molecule has 1 unspecified atom stereocenters. The molecule has 1 atom stereocenters. The van der Waals surface area contributed by atoms with Gasteiger partial charge in [-0.3, -0.25) is 0 Å². The Bertz CT molecular complexity index is 33.9. The van der Waals surface area contributed by atoms with Crippen molar-refractivity contribution in [2.75, 3.05) is 6.61 Å². The van der Waals surface area contributed by atoms with Crippen molar-refractivity contribution in [3.63, 3.8) is 0 Å². The molecule has 1 heterocycles. The second-order valence-electron chi connectivity index (χ2n) is 1.24. The van der Waals surface area contributed by atoms with E-state index in [-0.39, 0.29) is 0 Å². The standard InChI is InChI=1S/C3H5O.Rf/c1-3-2-4-3;/h3H,1-2H2;. The Balaban J connectivity index is 2.00. The molecule has 1 rings (SSSR count). The molecule has 1 nitrogen and oxygen atoms in total. The van der Waals surface area contributed by atoms with Crippen LogP contribution in [0.25, 0.3) is 0 Å². The Morgan fingerprint density at radius 2 is 2.60 bits per heavy atom. The minimum atomic E-state index is 0.727. The van der Waals surface area contributed by atoms with E-state index in [1.807, 2.05) is 0 Å². The van der Waals surface area contributed by atoms with Crippen molar-refractivity contribution in [2.24, 2.45) is 0 Å². The Morgan fingerprint density at radius 1 is 2.00 bits per heavy atom. The van der Waals surface area contributed by atoms with Crippen LogP contribution in [0.4, 0.5) is 0 Å². The van der Waals surface area contributed by atoms with Crippen LogP contribution in [-0.2, 0) is 4.74 Å². The molecule has 25 valence electrons. The summed E-state index contributed by atoms with van der Waals surface area (Å²) in [5, 5.41) is 0. The fourth-order valence-corrected chi connectivity index (χ4v) is 1.74. The van der Waals surface area contributed by atoms with Gasteiger partial charge in [-0.2, -0.15) is 0 Å². The molecule has 1 fully saturated rings. The SMILES string of the molecule is [Rf][CH2]C1CO1. The van der Waals surface area contributed by atoms with Crippen LogP contribution in [0.15, 0.2) is 0 Å². The molecular weight excluding hydrogens is 319 g/mol. The summed E-state index contributed by atoms with van der Waals surface area (Å²) in [6, 6.07) is 0. The summed E-state index contributed by atoms with van der Waals surface area (Å²) in [6.07, 6.45) is 0.727. The summed E-state index contributed by atoms with van der Waals surface area (Å²) >= 11 is 0. The van der Waals surface area contributed by atoms with E-state index in [0.29, 0.717) is 0 Å². The van der Waals surface area contributed by atoms with Crippen LogP contribution in [0.2, 0.25) is 6.92 Å². The van der Waals surface area contributed by atoms with Gasteiger partial charge in [-0.15, -0.1) is 0 Å². The molecular formula is C3H5ORf. The zero-order valence-corrected chi connectivity index (χ0v) is 9.51. The zero-order chi connectivity index (χ0) is 3.70. The summed E-state index contributed by atoms with van der Waals surface area (Å²) in [5.41, 5.74) is 0. The van der Waals surface area contributed by atoms with E-state index in [1.165, 1.54) is 6.92 Å². The van der Waals surface area contributed by atoms with Gasteiger partial charge in [-0.1, -0.05) is 0 Å². The van der Waals surface area contributed by atoms with E-state index >= 15 is 0 Å². The summed E-state index contributed by atoms with van der Waals surface area (Å²) in [7, 11) is 0. The van der Waals surface area contributed by atoms with Crippen LogP contribution < -0.4 is 0 Å². The first-order valence-corrected chi connectivity index (χ1v) is 6.37. The summed E-state index contributed by atoms with van der Waals surface area (Å²) in [6.45, 7) is 2.47. The van der Waals surface area contributed by atoms with Crippen molar-refractivity contribution in [1.82, 2.24) is 0 Å². The van der Waals surface area contributed by atoms with Gasteiger partial charge < -0.3 is 0 Å². The van der Waals surface area contributed by atoms with Gasteiger partial charge in [0.1, 0.15) is 0 Å². The van der Waals surface area contributed by atoms with Crippen molar-refractivity contribution in [2.45, 2.75) is 13.0 Å². The van der Waals surface area contributed by atoms with E-state index in [0.717, 1.165) is 12.7 Å². The molecule has 0 N–H and O–H groups in total. The van der Waals surface area contributed by atoms with Gasteiger partial charge >= 0.3 is 24.4 Å². The molecule has 1 aliphatic rings. The monoisotopic (exact) mass is 324 g/mol. The van der Waals surface area contributed by atoms with Crippen molar-refractivity contribution >= 4 is 0 Å². The molecule has 1 saturated heterocycles. The third-order valence-corrected chi connectivity index (χ3v) is 3.64. The summed E-state index contributed by atoms with van der Waals surface area (Å²) in [4.78, 5) is 0. The molecule has 0 amide bonds. The van der Waals surface area contributed by atoms with Crippen molar-refractivity contribution in [3.8, 4) is 0 Å². The Labute approximate surface area is 25.6 Å². The molecule has 0 radical (unpaired) electrons.